The first-order chi connectivity index (χ1) is 31.6. The third kappa shape index (κ3) is 10.4. The molecule has 66 heavy (non-hydrogen) atoms. The molecular formula is C60H65GeIrN3S-2. The quantitative estimate of drug-likeness (QED) is 0.112. The number of rotatable bonds is 8. The van der Waals surface area contributed by atoms with Gasteiger partial charge in [-0.2, -0.15) is 11.3 Å². The molecule has 0 aliphatic carbocycles. The first kappa shape index (κ1) is 46.5. The fourth-order valence-electron chi connectivity index (χ4n) is 8.68. The summed E-state index contributed by atoms with van der Waals surface area (Å²) in [6.45, 7) is 21.7. The zero-order valence-electron chi connectivity index (χ0n) is 42.9. The average Bonchev–Trinajstić information content (AvgIpc) is 3.87. The normalized spacial score (nSPS) is 12.9. The topological polar surface area (TPSA) is 30.7 Å². The van der Waals surface area contributed by atoms with Crippen LogP contribution in [0.5, 0.6) is 0 Å². The second-order valence-corrected chi connectivity index (χ2v) is 32.7. The van der Waals surface area contributed by atoms with Gasteiger partial charge in [-0.05, 0) is 74.5 Å². The number of hydrogen-bond donors (Lipinski definition) is 0. The summed E-state index contributed by atoms with van der Waals surface area (Å²) in [6, 6.07) is 52.1. The average molecular weight is 1130 g/mol. The summed E-state index contributed by atoms with van der Waals surface area (Å²) in [4.78, 5) is 10.0. The van der Waals surface area contributed by atoms with Gasteiger partial charge in [-0.1, -0.05) is 99.3 Å². The van der Waals surface area contributed by atoms with Crippen molar-refractivity contribution in [1.82, 2.24) is 14.5 Å². The molecule has 0 N–H and O–H groups in total. The maximum Gasteiger partial charge on any atom is 0 e. The summed E-state index contributed by atoms with van der Waals surface area (Å²) in [6.07, 6.45) is 0.506. The Morgan fingerprint density at radius 1 is 0.712 bits per heavy atom. The van der Waals surface area contributed by atoms with Crippen molar-refractivity contribution in [3.8, 4) is 39.5 Å². The fourth-order valence-corrected chi connectivity index (χ4v) is 12.8. The van der Waals surface area contributed by atoms with Gasteiger partial charge in [0.25, 0.3) is 0 Å². The van der Waals surface area contributed by atoms with Crippen molar-refractivity contribution in [3.05, 3.63) is 168 Å². The van der Waals surface area contributed by atoms with E-state index in [4.69, 9.17) is 12.7 Å². The van der Waals surface area contributed by atoms with E-state index in [2.05, 4.69) is 198 Å². The number of nitrogens with zero attached hydrogens (tertiary/aromatic N) is 3. The minimum absolute atomic E-state index is 0. The molecule has 9 rings (SSSR count). The van der Waals surface area contributed by atoms with Crippen LogP contribution < -0.4 is 4.40 Å². The Bertz CT molecular complexity index is 3210. The van der Waals surface area contributed by atoms with Crippen LogP contribution in [0.3, 0.4) is 0 Å². The second kappa shape index (κ2) is 19.5. The molecule has 6 heteroatoms. The van der Waals surface area contributed by atoms with Gasteiger partial charge in [0.05, 0.1) is 16.9 Å². The molecule has 341 valence electrons. The maximum atomic E-state index is 8.90. The Morgan fingerprint density at radius 3 is 2.00 bits per heavy atom. The van der Waals surface area contributed by atoms with Gasteiger partial charge in [0, 0.05) is 30.5 Å². The summed E-state index contributed by atoms with van der Waals surface area (Å²) in [5.41, 5.74) is 12.9. The van der Waals surface area contributed by atoms with E-state index < -0.39 is 25.1 Å². The minimum Gasteiger partial charge on any atom is 0 e. The zero-order chi connectivity index (χ0) is 48.2. The molecule has 3 aromatic heterocycles. The molecule has 1 radical (unpaired) electrons. The zero-order valence-corrected chi connectivity index (χ0v) is 46.2. The molecule has 6 aromatic carbocycles. The van der Waals surface area contributed by atoms with Gasteiger partial charge in [-0.15, -0.1) is 18.2 Å². The van der Waals surface area contributed by atoms with Gasteiger partial charge < -0.3 is 4.57 Å². The number of benzene rings is 6. The van der Waals surface area contributed by atoms with Gasteiger partial charge in [-0.3, -0.25) is 4.98 Å². The molecule has 0 saturated carbocycles. The number of aromatic nitrogens is 3. The summed E-state index contributed by atoms with van der Waals surface area (Å²) < 4.78 is 23.9. The van der Waals surface area contributed by atoms with Crippen LogP contribution in [0, 0.1) is 17.5 Å². The van der Waals surface area contributed by atoms with Crippen molar-refractivity contribution < 1.29 is 22.8 Å². The number of para-hydroxylation sites is 2. The monoisotopic (exact) mass is 1130 g/mol. The Labute approximate surface area is 417 Å². The SMILES string of the molecule is CC(C)c1cc(-c2ccccc2)cc(C(C)C)c1-n1c(-c2[c-]ccc3c2sc2ccccc23)nc2ccccc21.[2H]C([2H])(c1cc(-c2[c-]ccc(C(C)(C)C)c2)nc[c]1[Ge]([CH3])([CH3])[CH3])C(C)(C)C.[Ir]. The molecular weight excluding hydrogens is 1060 g/mol. The molecule has 9 aromatic rings. The third-order valence-electron chi connectivity index (χ3n) is 12.0. The van der Waals surface area contributed by atoms with Crippen molar-refractivity contribution in [1.29, 1.82) is 0 Å². The van der Waals surface area contributed by atoms with E-state index in [9.17, 15) is 0 Å². The van der Waals surface area contributed by atoms with Crippen LogP contribution in [0.15, 0.2) is 134 Å². The van der Waals surface area contributed by atoms with Crippen LogP contribution in [0.4, 0.5) is 0 Å². The Kier molecular flexibility index (Phi) is 13.7. The van der Waals surface area contributed by atoms with Crippen LogP contribution in [0.2, 0.25) is 17.3 Å². The van der Waals surface area contributed by atoms with Crippen molar-refractivity contribution >= 4 is 60.2 Å². The molecule has 0 unspecified atom stereocenters. The number of imidazole rings is 1. The Balaban J connectivity index is 0.000000215. The number of fused-ring (bicyclic) bond motifs is 4. The molecule has 0 atom stereocenters. The summed E-state index contributed by atoms with van der Waals surface area (Å²) >= 11 is -0.457. The molecule has 0 saturated heterocycles. The number of thiophene rings is 1. The van der Waals surface area contributed by atoms with Crippen LogP contribution in [-0.2, 0) is 31.9 Å². The van der Waals surface area contributed by atoms with E-state index in [1.807, 2.05) is 50.4 Å². The minimum atomic E-state index is -2.29. The van der Waals surface area contributed by atoms with Crippen molar-refractivity contribution in [3.63, 3.8) is 0 Å². The van der Waals surface area contributed by atoms with Crippen molar-refractivity contribution in [2.45, 2.75) is 110 Å². The van der Waals surface area contributed by atoms with E-state index >= 15 is 0 Å². The van der Waals surface area contributed by atoms with Gasteiger partial charge in [0.1, 0.15) is 0 Å². The van der Waals surface area contributed by atoms with Crippen LogP contribution in [0.25, 0.3) is 70.7 Å². The molecule has 0 spiro atoms. The fraction of sp³-hybridized carbons (Fsp3) is 0.300. The van der Waals surface area contributed by atoms with Crippen molar-refractivity contribution in [2.75, 3.05) is 0 Å². The van der Waals surface area contributed by atoms with E-state index in [-0.39, 0.29) is 25.5 Å². The number of pyridine rings is 1. The molecule has 0 fully saturated rings. The second-order valence-electron chi connectivity index (χ2n) is 21.1. The maximum absolute atomic E-state index is 8.90. The van der Waals surface area contributed by atoms with Crippen LogP contribution >= 0.6 is 11.3 Å². The summed E-state index contributed by atoms with van der Waals surface area (Å²) in [5.74, 6) is 8.50. The molecule has 3 heterocycles. The smallest absolute Gasteiger partial charge is 0 e. The van der Waals surface area contributed by atoms with Gasteiger partial charge in [-0.25, -0.2) is 0 Å². The van der Waals surface area contributed by atoms with Crippen molar-refractivity contribution in [2.24, 2.45) is 5.41 Å². The van der Waals surface area contributed by atoms with Crippen LogP contribution in [0.1, 0.15) is 106 Å². The molecule has 3 nitrogen and oxygen atoms in total. The molecule has 0 aliphatic heterocycles. The Morgan fingerprint density at radius 2 is 1.35 bits per heavy atom. The van der Waals surface area contributed by atoms with E-state index in [1.54, 1.807) is 0 Å². The Hall–Kier alpha value is -4.65. The first-order valence-electron chi connectivity index (χ1n) is 24.1. The van der Waals surface area contributed by atoms with Gasteiger partial charge in [0.2, 0.25) is 0 Å². The molecule has 0 aliphatic rings. The molecule has 0 amide bonds. The van der Waals surface area contributed by atoms with E-state index in [0.717, 1.165) is 43.6 Å². The predicted molar refractivity (Wildman–Crippen MR) is 285 cm³/mol. The first-order valence-corrected chi connectivity index (χ1v) is 31.3. The number of hydrogen-bond acceptors (Lipinski definition) is 3. The van der Waals surface area contributed by atoms with Gasteiger partial charge in [0.15, 0.2) is 0 Å². The largest absolute Gasteiger partial charge is 0 e. The summed E-state index contributed by atoms with van der Waals surface area (Å²) in [5, 5.41) is 2.55. The van der Waals surface area contributed by atoms with Gasteiger partial charge >= 0.3 is 160 Å². The van der Waals surface area contributed by atoms with E-state index in [0.29, 0.717) is 11.8 Å². The van der Waals surface area contributed by atoms with Crippen LogP contribution in [-0.4, -0.2) is 27.8 Å². The third-order valence-corrected chi connectivity index (χ3v) is 17.5. The molecule has 0 bridgehead atoms. The summed E-state index contributed by atoms with van der Waals surface area (Å²) in [7, 11) is 0. The predicted octanol–water partition coefficient (Wildman–Crippen LogP) is 16.8. The standard InChI is InChI=1S/C37H31N2S.C23H34GeN.Ir/c1-23(2)30-21-26(25-13-6-5-7-14-25)22-31(24(3)4)35(30)39-33-19-10-9-18-32(33)38-37(39)29-17-12-16-28-27-15-8-11-20-34(27)40-36(28)29;1-22(2,3)15-18-14-21(25-16-20(18)24(7,8)9)17-11-10-12-19(13-17)23(4,5)6;/h5-16,18-24H,1-4H3;10,12-14,16H,15H2,1-9H3;/q2*-1;/i;15D2;. The van der Waals surface area contributed by atoms with E-state index in [1.165, 1.54) is 53.7 Å².